The Morgan fingerprint density at radius 2 is 1.88 bits per heavy atom. The molecule has 0 saturated heterocycles. The van der Waals surface area contributed by atoms with Crippen LogP contribution in [0.25, 0.3) is 0 Å². The topological polar surface area (TPSA) is 60.0 Å². The minimum atomic E-state index is -4.79. The van der Waals surface area contributed by atoms with Crippen LogP contribution in [0, 0.1) is 0 Å². The van der Waals surface area contributed by atoms with E-state index in [1.807, 2.05) is 30.3 Å². The first-order valence-electron chi connectivity index (χ1n) is 6.92. The zero-order valence-corrected chi connectivity index (χ0v) is 15.1. The van der Waals surface area contributed by atoms with Crippen LogP contribution < -0.4 is 10.5 Å². The second-order valence-corrected chi connectivity index (χ2v) is 6.51. The third kappa shape index (κ3) is 6.79. The van der Waals surface area contributed by atoms with Gasteiger partial charge in [-0.2, -0.15) is 5.10 Å². The van der Waals surface area contributed by atoms with Crippen LogP contribution in [0.15, 0.2) is 63.2 Å². The lowest BCUT2D eigenvalue weighted by atomic mass is 10.2. The first-order valence-corrected chi connectivity index (χ1v) is 8.70. The fourth-order valence-corrected chi connectivity index (χ4v) is 2.82. The molecule has 0 unspecified atom stereocenters. The number of hydrogen-bond donors (Lipinski definition) is 1. The minimum Gasteiger partial charge on any atom is -0.405 e. The van der Waals surface area contributed by atoms with Crippen molar-refractivity contribution >= 4 is 39.1 Å². The number of amidine groups is 1. The van der Waals surface area contributed by atoms with Crippen LogP contribution in [0.2, 0.25) is 0 Å². The number of halogens is 4. The van der Waals surface area contributed by atoms with E-state index in [0.717, 1.165) is 11.8 Å². The van der Waals surface area contributed by atoms with Gasteiger partial charge >= 0.3 is 6.36 Å². The predicted molar refractivity (Wildman–Crippen MR) is 97.8 cm³/mol. The lowest BCUT2D eigenvalue weighted by Gasteiger charge is -2.11. The summed E-state index contributed by atoms with van der Waals surface area (Å²) in [6, 6.07) is 13.8. The van der Waals surface area contributed by atoms with Crippen LogP contribution >= 0.6 is 27.7 Å². The van der Waals surface area contributed by atoms with Crippen molar-refractivity contribution in [2.45, 2.75) is 12.1 Å². The maximum Gasteiger partial charge on any atom is 0.573 e. The van der Waals surface area contributed by atoms with E-state index in [0.29, 0.717) is 10.2 Å². The van der Waals surface area contributed by atoms with E-state index < -0.39 is 6.36 Å². The number of thioether (sulfide) groups is 1. The Morgan fingerprint density at radius 3 is 2.56 bits per heavy atom. The van der Waals surface area contributed by atoms with E-state index in [4.69, 9.17) is 5.73 Å². The van der Waals surface area contributed by atoms with Crippen LogP contribution in [0.4, 0.5) is 13.2 Å². The standard InChI is InChI=1S/C16H13BrF3N3OS/c17-13-7-4-8-14(24-16(18,19)20)12(13)9-22-23-15(21)25-10-11-5-2-1-3-6-11/h1-9H,10H2,(H2,21,23). The molecule has 0 aliphatic carbocycles. The third-order valence-corrected chi connectivity index (χ3v) is 4.36. The Hall–Kier alpha value is -2.00. The van der Waals surface area contributed by atoms with Crippen LogP contribution in [0.5, 0.6) is 5.75 Å². The van der Waals surface area contributed by atoms with Gasteiger partial charge in [0.15, 0.2) is 5.17 Å². The summed E-state index contributed by atoms with van der Waals surface area (Å²) in [5.74, 6) is 0.236. The van der Waals surface area contributed by atoms with Crippen LogP contribution in [0.3, 0.4) is 0 Å². The van der Waals surface area contributed by atoms with Crippen molar-refractivity contribution in [1.82, 2.24) is 0 Å². The lowest BCUT2D eigenvalue weighted by molar-refractivity contribution is -0.274. The molecule has 0 amide bonds. The lowest BCUT2D eigenvalue weighted by Crippen LogP contribution is -2.18. The van der Waals surface area contributed by atoms with Crippen LogP contribution in [0.1, 0.15) is 11.1 Å². The summed E-state index contributed by atoms with van der Waals surface area (Å²) in [6.45, 7) is 0. The maximum absolute atomic E-state index is 12.4. The fourth-order valence-electron chi connectivity index (χ4n) is 1.76. The number of hydrogen-bond acceptors (Lipinski definition) is 4. The molecule has 0 spiro atoms. The molecule has 0 aliphatic rings. The van der Waals surface area contributed by atoms with E-state index >= 15 is 0 Å². The highest BCUT2D eigenvalue weighted by Crippen LogP contribution is 2.30. The van der Waals surface area contributed by atoms with Gasteiger partial charge in [-0.3, -0.25) is 0 Å². The highest BCUT2D eigenvalue weighted by molar-refractivity contribution is 9.10. The Bertz CT molecular complexity index is 767. The minimum absolute atomic E-state index is 0.115. The monoisotopic (exact) mass is 431 g/mol. The largest absolute Gasteiger partial charge is 0.573 e. The van der Waals surface area contributed by atoms with Crippen molar-refractivity contribution in [3.63, 3.8) is 0 Å². The van der Waals surface area contributed by atoms with Gasteiger partial charge in [-0.1, -0.05) is 48.2 Å². The van der Waals surface area contributed by atoms with Crippen molar-refractivity contribution in [2.75, 3.05) is 0 Å². The van der Waals surface area contributed by atoms with Crippen molar-refractivity contribution in [2.24, 2.45) is 15.9 Å². The second kappa shape index (κ2) is 8.91. The molecular weight excluding hydrogens is 419 g/mol. The summed E-state index contributed by atoms with van der Waals surface area (Å²) in [4.78, 5) is 0. The molecule has 0 saturated carbocycles. The van der Waals surface area contributed by atoms with E-state index in [1.54, 1.807) is 6.07 Å². The van der Waals surface area contributed by atoms with Crippen molar-refractivity contribution in [1.29, 1.82) is 0 Å². The first-order chi connectivity index (χ1) is 11.8. The van der Waals surface area contributed by atoms with Crippen molar-refractivity contribution < 1.29 is 17.9 Å². The molecule has 2 aromatic rings. The first kappa shape index (κ1) is 19.3. The number of ether oxygens (including phenoxy) is 1. The number of benzene rings is 2. The van der Waals surface area contributed by atoms with E-state index in [-0.39, 0.29) is 16.5 Å². The van der Waals surface area contributed by atoms with Gasteiger partial charge in [0.05, 0.1) is 11.8 Å². The van der Waals surface area contributed by atoms with Gasteiger partial charge < -0.3 is 10.5 Å². The van der Waals surface area contributed by atoms with E-state index in [1.165, 1.54) is 23.9 Å². The number of nitrogens with zero attached hydrogens (tertiary/aromatic N) is 2. The molecular formula is C16H13BrF3N3OS. The molecule has 2 aromatic carbocycles. The quantitative estimate of drug-likeness (QED) is 0.414. The molecule has 2 N–H and O–H groups in total. The Balaban J connectivity index is 2.05. The molecule has 0 aliphatic heterocycles. The average Bonchev–Trinajstić information content (AvgIpc) is 2.55. The summed E-state index contributed by atoms with van der Waals surface area (Å²) in [5.41, 5.74) is 6.93. The predicted octanol–water partition coefficient (Wildman–Crippen LogP) is 4.93. The van der Waals surface area contributed by atoms with Gasteiger partial charge in [0.25, 0.3) is 0 Å². The van der Waals surface area contributed by atoms with Gasteiger partial charge in [-0.15, -0.1) is 18.3 Å². The SMILES string of the molecule is NC(=NN=Cc1c(Br)cccc1OC(F)(F)F)SCc1ccccc1. The van der Waals surface area contributed by atoms with E-state index in [2.05, 4.69) is 30.9 Å². The van der Waals surface area contributed by atoms with Gasteiger partial charge in [0.1, 0.15) is 5.75 Å². The van der Waals surface area contributed by atoms with Gasteiger partial charge in [0, 0.05) is 10.2 Å². The van der Waals surface area contributed by atoms with E-state index in [9.17, 15) is 13.2 Å². The van der Waals surface area contributed by atoms with Crippen molar-refractivity contribution in [3.05, 3.63) is 64.1 Å². The van der Waals surface area contributed by atoms with Crippen molar-refractivity contribution in [3.8, 4) is 5.75 Å². The zero-order chi connectivity index (χ0) is 18.3. The zero-order valence-electron chi connectivity index (χ0n) is 12.7. The van der Waals surface area contributed by atoms with Gasteiger partial charge in [0.2, 0.25) is 0 Å². The fraction of sp³-hybridized carbons (Fsp3) is 0.125. The number of rotatable bonds is 5. The Labute approximate surface area is 155 Å². The summed E-state index contributed by atoms with van der Waals surface area (Å²) < 4.78 is 41.7. The highest BCUT2D eigenvalue weighted by atomic mass is 79.9. The summed E-state index contributed by atoms with van der Waals surface area (Å²) >= 11 is 4.43. The molecule has 132 valence electrons. The molecule has 0 atom stereocenters. The number of alkyl halides is 3. The number of nitrogens with two attached hydrogens (primary N) is 1. The normalized spacial score (nSPS) is 12.6. The molecule has 4 nitrogen and oxygen atoms in total. The average molecular weight is 432 g/mol. The summed E-state index contributed by atoms with van der Waals surface area (Å²) in [7, 11) is 0. The molecule has 9 heteroatoms. The molecule has 0 heterocycles. The summed E-state index contributed by atoms with van der Waals surface area (Å²) in [6.07, 6.45) is -3.64. The summed E-state index contributed by atoms with van der Waals surface area (Å²) in [5, 5.41) is 7.73. The van der Waals surface area contributed by atoms with Crippen LogP contribution in [-0.2, 0) is 5.75 Å². The molecule has 0 aromatic heterocycles. The molecule has 0 radical (unpaired) electrons. The Morgan fingerprint density at radius 1 is 1.16 bits per heavy atom. The smallest absolute Gasteiger partial charge is 0.405 e. The Kier molecular flexibility index (Phi) is 6.89. The molecule has 0 fully saturated rings. The van der Waals surface area contributed by atoms with Gasteiger partial charge in [-0.05, 0) is 33.6 Å². The maximum atomic E-state index is 12.4. The molecule has 0 bridgehead atoms. The highest BCUT2D eigenvalue weighted by Gasteiger charge is 2.32. The third-order valence-electron chi connectivity index (χ3n) is 2.81. The second-order valence-electron chi connectivity index (χ2n) is 4.66. The van der Waals surface area contributed by atoms with Gasteiger partial charge in [-0.25, -0.2) is 0 Å². The molecule has 25 heavy (non-hydrogen) atoms. The van der Waals surface area contributed by atoms with Crippen LogP contribution in [-0.4, -0.2) is 17.7 Å². The molecule has 2 rings (SSSR count).